The maximum Gasteiger partial charge on any atom is 0.416 e. The van der Waals surface area contributed by atoms with Crippen molar-refractivity contribution in [1.82, 2.24) is 4.90 Å². The Morgan fingerprint density at radius 1 is 0.906 bits per heavy atom. The summed E-state index contributed by atoms with van der Waals surface area (Å²) in [6.45, 7) is 0.297. The summed E-state index contributed by atoms with van der Waals surface area (Å²) in [7, 11) is 0. The summed E-state index contributed by atoms with van der Waals surface area (Å²) < 4.78 is 40.5. The molecule has 0 radical (unpaired) electrons. The van der Waals surface area contributed by atoms with Crippen molar-refractivity contribution in [2.24, 2.45) is 0 Å². The van der Waals surface area contributed by atoms with E-state index in [1.165, 1.54) is 12.1 Å². The van der Waals surface area contributed by atoms with Crippen molar-refractivity contribution in [3.63, 3.8) is 0 Å². The Morgan fingerprint density at radius 2 is 1.50 bits per heavy atom. The van der Waals surface area contributed by atoms with Crippen LogP contribution in [0.2, 0.25) is 5.02 Å². The lowest BCUT2D eigenvalue weighted by Crippen LogP contribution is -2.45. The maximum atomic E-state index is 13.5. The predicted molar refractivity (Wildman–Crippen MR) is 117 cm³/mol. The van der Waals surface area contributed by atoms with Crippen LogP contribution in [-0.4, -0.2) is 29.0 Å². The van der Waals surface area contributed by atoms with Crippen LogP contribution in [0.4, 0.5) is 13.2 Å². The molecule has 0 spiro atoms. The van der Waals surface area contributed by atoms with E-state index in [1.54, 1.807) is 17.0 Å². The average molecular weight is 460 g/mol. The summed E-state index contributed by atoms with van der Waals surface area (Å²) in [4.78, 5) is 14.5. The van der Waals surface area contributed by atoms with Crippen LogP contribution < -0.4 is 0 Å². The molecule has 1 amide bonds. The van der Waals surface area contributed by atoms with Crippen molar-refractivity contribution in [2.45, 2.75) is 24.6 Å². The summed E-state index contributed by atoms with van der Waals surface area (Å²) in [6, 6.07) is 20.4. The van der Waals surface area contributed by atoms with E-state index in [-0.39, 0.29) is 42.4 Å². The van der Waals surface area contributed by atoms with Gasteiger partial charge < -0.3 is 10.0 Å². The molecule has 166 valence electrons. The highest BCUT2D eigenvalue weighted by atomic mass is 35.5. The van der Waals surface area contributed by atoms with Crippen molar-refractivity contribution in [1.29, 1.82) is 0 Å². The van der Waals surface area contributed by atoms with E-state index in [0.29, 0.717) is 5.56 Å². The number of halogens is 4. The lowest BCUT2D eigenvalue weighted by Gasteiger charge is -2.39. The number of rotatable bonds is 3. The van der Waals surface area contributed by atoms with Crippen LogP contribution in [0.1, 0.15) is 34.3 Å². The van der Waals surface area contributed by atoms with Gasteiger partial charge in [0.25, 0.3) is 5.91 Å². The predicted octanol–water partition coefficient (Wildman–Crippen LogP) is 6.15. The van der Waals surface area contributed by atoms with E-state index < -0.39 is 17.3 Å². The minimum Gasteiger partial charge on any atom is -0.385 e. The van der Waals surface area contributed by atoms with Crippen LogP contribution in [0.25, 0.3) is 11.1 Å². The number of alkyl halides is 3. The van der Waals surface area contributed by atoms with Crippen LogP contribution in [0.5, 0.6) is 0 Å². The second-order valence-electron chi connectivity index (χ2n) is 7.95. The molecule has 1 saturated heterocycles. The van der Waals surface area contributed by atoms with Gasteiger partial charge in [-0.3, -0.25) is 4.79 Å². The van der Waals surface area contributed by atoms with E-state index in [1.807, 2.05) is 42.5 Å². The molecule has 0 aliphatic carbocycles. The van der Waals surface area contributed by atoms with Gasteiger partial charge in [0.1, 0.15) is 0 Å². The summed E-state index contributed by atoms with van der Waals surface area (Å²) >= 11 is 5.76. The molecule has 32 heavy (non-hydrogen) atoms. The van der Waals surface area contributed by atoms with Crippen LogP contribution in [0, 0.1) is 0 Å². The second-order valence-corrected chi connectivity index (χ2v) is 8.39. The van der Waals surface area contributed by atoms with Gasteiger partial charge in [0.2, 0.25) is 0 Å². The number of hydrogen-bond donors (Lipinski definition) is 1. The molecule has 0 atom stereocenters. The van der Waals surface area contributed by atoms with Crippen LogP contribution >= 0.6 is 11.6 Å². The van der Waals surface area contributed by atoms with Gasteiger partial charge in [-0.2, -0.15) is 13.2 Å². The molecular formula is C25H21ClF3NO2. The lowest BCUT2D eigenvalue weighted by atomic mass is 9.81. The van der Waals surface area contributed by atoms with Gasteiger partial charge in [0.05, 0.1) is 11.2 Å². The first-order chi connectivity index (χ1) is 15.2. The normalized spacial score (nSPS) is 16.1. The molecule has 0 unspecified atom stereocenters. The molecule has 1 N–H and O–H groups in total. The molecule has 1 aliphatic rings. The standard InChI is InChI=1S/C25H21ClF3NO2/c26-20-10-11-21(22(16-20)25(27,28)29)24(32)12-14-30(15-13-24)23(31)19-8-6-18(7-9-19)17-4-2-1-3-5-17/h1-11,16,32H,12-15H2. The van der Waals surface area contributed by atoms with Gasteiger partial charge in [-0.25, -0.2) is 0 Å². The molecular weight excluding hydrogens is 439 g/mol. The molecule has 3 nitrogen and oxygen atoms in total. The minimum atomic E-state index is -4.64. The third-order valence-electron chi connectivity index (χ3n) is 5.91. The van der Waals surface area contributed by atoms with Crippen LogP contribution in [0.15, 0.2) is 72.8 Å². The average Bonchev–Trinajstić information content (AvgIpc) is 2.79. The molecule has 0 saturated carbocycles. The molecule has 1 fully saturated rings. The first-order valence-electron chi connectivity index (χ1n) is 10.2. The van der Waals surface area contributed by atoms with Gasteiger partial charge in [0, 0.05) is 23.7 Å². The van der Waals surface area contributed by atoms with Crippen molar-refractivity contribution >= 4 is 17.5 Å². The molecule has 3 aromatic rings. The zero-order valence-electron chi connectivity index (χ0n) is 17.1. The Bertz CT molecular complexity index is 1110. The summed E-state index contributed by atoms with van der Waals surface area (Å²) in [6.07, 6.45) is -4.62. The van der Waals surface area contributed by atoms with E-state index >= 15 is 0 Å². The Labute approximate surface area is 189 Å². The van der Waals surface area contributed by atoms with Gasteiger partial charge in [0.15, 0.2) is 0 Å². The number of amides is 1. The first kappa shape index (κ1) is 22.4. The second kappa shape index (κ2) is 8.60. The Hall–Kier alpha value is -2.83. The maximum absolute atomic E-state index is 13.5. The van der Waals surface area contributed by atoms with Gasteiger partial charge in [-0.15, -0.1) is 0 Å². The quantitative estimate of drug-likeness (QED) is 0.510. The molecule has 0 aromatic heterocycles. The number of aliphatic hydroxyl groups is 1. The molecule has 3 aromatic carbocycles. The Kier molecular flexibility index (Phi) is 6.01. The topological polar surface area (TPSA) is 40.5 Å². The summed E-state index contributed by atoms with van der Waals surface area (Å²) in [5.41, 5.74) is -0.297. The molecule has 0 bridgehead atoms. The highest BCUT2D eigenvalue weighted by Gasteiger charge is 2.43. The lowest BCUT2D eigenvalue weighted by molar-refractivity contribution is -0.141. The smallest absolute Gasteiger partial charge is 0.385 e. The number of carbonyl (C=O) groups excluding carboxylic acids is 1. The zero-order valence-corrected chi connectivity index (χ0v) is 17.8. The van der Waals surface area contributed by atoms with Crippen LogP contribution in [0.3, 0.4) is 0 Å². The van der Waals surface area contributed by atoms with Crippen molar-refractivity contribution in [3.8, 4) is 11.1 Å². The zero-order chi connectivity index (χ0) is 22.9. The number of hydrogen-bond acceptors (Lipinski definition) is 2. The van der Waals surface area contributed by atoms with Crippen LogP contribution in [-0.2, 0) is 11.8 Å². The highest BCUT2D eigenvalue weighted by Crippen LogP contribution is 2.42. The van der Waals surface area contributed by atoms with Gasteiger partial charge in [-0.05, 0) is 53.8 Å². The summed E-state index contributed by atoms with van der Waals surface area (Å²) in [5.74, 6) is -0.209. The third kappa shape index (κ3) is 4.52. The van der Waals surface area contributed by atoms with Crippen molar-refractivity contribution in [3.05, 3.63) is 94.5 Å². The molecule has 7 heteroatoms. The monoisotopic (exact) mass is 459 g/mol. The molecule has 4 rings (SSSR count). The Balaban J connectivity index is 1.49. The van der Waals surface area contributed by atoms with Gasteiger partial charge in [-0.1, -0.05) is 60.1 Å². The number of nitrogens with zero attached hydrogens (tertiary/aromatic N) is 1. The number of piperidine rings is 1. The molecule has 1 aliphatic heterocycles. The number of benzene rings is 3. The van der Waals surface area contributed by atoms with Crippen molar-refractivity contribution in [2.75, 3.05) is 13.1 Å². The fourth-order valence-electron chi connectivity index (χ4n) is 4.12. The molecule has 1 heterocycles. The van der Waals surface area contributed by atoms with Gasteiger partial charge >= 0.3 is 6.18 Å². The summed E-state index contributed by atoms with van der Waals surface area (Å²) in [5, 5.41) is 11.0. The van der Waals surface area contributed by atoms with E-state index in [0.717, 1.165) is 17.2 Å². The minimum absolute atomic E-state index is 0.00551. The highest BCUT2D eigenvalue weighted by molar-refractivity contribution is 6.30. The fraction of sp³-hybridized carbons (Fsp3) is 0.240. The largest absolute Gasteiger partial charge is 0.416 e. The number of likely N-dealkylation sites (tertiary alicyclic amines) is 1. The fourth-order valence-corrected chi connectivity index (χ4v) is 4.30. The Morgan fingerprint density at radius 3 is 2.09 bits per heavy atom. The first-order valence-corrected chi connectivity index (χ1v) is 10.6. The third-order valence-corrected chi connectivity index (χ3v) is 6.14. The number of carbonyl (C=O) groups is 1. The SMILES string of the molecule is O=C(c1ccc(-c2ccccc2)cc1)N1CCC(O)(c2ccc(Cl)cc2C(F)(F)F)CC1. The van der Waals surface area contributed by atoms with E-state index in [4.69, 9.17) is 11.6 Å². The van der Waals surface area contributed by atoms with Crippen molar-refractivity contribution < 1.29 is 23.1 Å². The van der Waals surface area contributed by atoms with E-state index in [9.17, 15) is 23.1 Å². The van der Waals surface area contributed by atoms with E-state index in [2.05, 4.69) is 0 Å².